The minimum Gasteiger partial charge on any atom is -0.481 e. The van der Waals surface area contributed by atoms with Gasteiger partial charge in [-0.25, -0.2) is 0 Å². The molecule has 6 heteroatoms. The maximum absolute atomic E-state index is 12.2. The summed E-state index contributed by atoms with van der Waals surface area (Å²) in [5.74, 6) is -0.533. The maximum atomic E-state index is 12.2. The van der Waals surface area contributed by atoms with E-state index in [1.165, 1.54) is 0 Å². The number of aliphatic carboxylic acids is 1. The van der Waals surface area contributed by atoms with Crippen molar-refractivity contribution >= 4 is 5.97 Å². The van der Waals surface area contributed by atoms with Gasteiger partial charge in [-0.2, -0.15) is 5.26 Å². The van der Waals surface area contributed by atoms with Gasteiger partial charge in [0.15, 0.2) is 0 Å². The Morgan fingerprint density at radius 3 is 2.96 bits per heavy atom. The average Bonchev–Trinajstić information content (AvgIpc) is 2.89. The number of nitrogens with zero attached hydrogens (tertiary/aromatic N) is 3. The van der Waals surface area contributed by atoms with E-state index in [0.29, 0.717) is 18.7 Å². The normalized spacial score (nSPS) is 26.8. The van der Waals surface area contributed by atoms with Gasteiger partial charge in [0.2, 0.25) is 0 Å². The Hall–Kier alpha value is -1.94. The first-order valence-corrected chi connectivity index (χ1v) is 9.23. The number of nitriles is 1. The molecule has 2 aliphatic heterocycles. The van der Waals surface area contributed by atoms with Gasteiger partial charge in [0, 0.05) is 45.8 Å². The highest BCUT2D eigenvalue weighted by molar-refractivity contribution is 5.76. The van der Waals surface area contributed by atoms with E-state index < -0.39 is 11.4 Å². The van der Waals surface area contributed by atoms with Crippen LogP contribution in [0.4, 0.5) is 0 Å². The zero-order chi connectivity index (χ0) is 18.6. The number of fused-ring (bicyclic) bond motifs is 1. The van der Waals surface area contributed by atoms with E-state index in [1.54, 1.807) is 7.11 Å². The van der Waals surface area contributed by atoms with Crippen molar-refractivity contribution in [2.75, 3.05) is 46.4 Å². The van der Waals surface area contributed by atoms with E-state index in [4.69, 9.17) is 10.00 Å². The Balaban J connectivity index is 1.73. The number of likely N-dealkylation sites (tertiary alicyclic amines) is 2. The summed E-state index contributed by atoms with van der Waals surface area (Å²) < 4.78 is 5.17. The van der Waals surface area contributed by atoms with E-state index >= 15 is 0 Å². The first kappa shape index (κ1) is 18.8. The molecule has 0 unspecified atom stereocenters. The molecule has 2 fully saturated rings. The van der Waals surface area contributed by atoms with Crippen molar-refractivity contribution < 1.29 is 14.6 Å². The van der Waals surface area contributed by atoms with Crippen molar-refractivity contribution in [2.24, 2.45) is 11.3 Å². The molecule has 1 aromatic carbocycles. The first-order valence-electron chi connectivity index (χ1n) is 9.23. The number of carboxylic acid groups (broad SMARTS) is 1. The smallest absolute Gasteiger partial charge is 0.311 e. The lowest BCUT2D eigenvalue weighted by Crippen LogP contribution is -2.41. The van der Waals surface area contributed by atoms with Crippen LogP contribution in [0.15, 0.2) is 24.3 Å². The third-order valence-electron chi connectivity index (χ3n) is 5.84. The Labute approximate surface area is 155 Å². The van der Waals surface area contributed by atoms with E-state index in [-0.39, 0.29) is 5.92 Å². The second kappa shape index (κ2) is 8.17. The fourth-order valence-electron chi connectivity index (χ4n) is 4.50. The highest BCUT2D eigenvalue weighted by Gasteiger charge is 2.53. The van der Waals surface area contributed by atoms with Crippen LogP contribution < -0.4 is 0 Å². The lowest BCUT2D eigenvalue weighted by molar-refractivity contribution is -0.151. The number of carboxylic acids is 1. The number of hydrogen-bond donors (Lipinski definition) is 1. The molecule has 0 bridgehead atoms. The Kier molecular flexibility index (Phi) is 5.92. The van der Waals surface area contributed by atoms with Crippen LogP contribution in [0.3, 0.4) is 0 Å². The zero-order valence-electron chi connectivity index (χ0n) is 15.4. The molecule has 0 aliphatic carbocycles. The topological polar surface area (TPSA) is 76.8 Å². The fourth-order valence-corrected chi connectivity index (χ4v) is 4.50. The third kappa shape index (κ3) is 3.90. The molecule has 0 aromatic heterocycles. The van der Waals surface area contributed by atoms with E-state index in [0.717, 1.165) is 51.1 Å². The molecule has 0 radical (unpaired) electrons. The molecular formula is C20H27N3O3. The predicted molar refractivity (Wildman–Crippen MR) is 97.5 cm³/mol. The van der Waals surface area contributed by atoms with Crippen LogP contribution in [-0.4, -0.2) is 67.3 Å². The van der Waals surface area contributed by atoms with Gasteiger partial charge < -0.3 is 9.84 Å². The number of rotatable bonds is 6. The van der Waals surface area contributed by atoms with Crippen LogP contribution >= 0.6 is 0 Å². The number of methoxy groups -OCH3 is 1. The van der Waals surface area contributed by atoms with Gasteiger partial charge in [-0.05, 0) is 37.1 Å². The van der Waals surface area contributed by atoms with Gasteiger partial charge in [0.1, 0.15) is 0 Å². The maximum Gasteiger partial charge on any atom is 0.311 e. The van der Waals surface area contributed by atoms with Crippen molar-refractivity contribution in [3.05, 3.63) is 35.4 Å². The summed E-state index contributed by atoms with van der Waals surface area (Å²) in [5.41, 5.74) is 1.14. The Bertz CT molecular complexity index is 687. The molecule has 0 amide bonds. The molecule has 140 valence electrons. The fraction of sp³-hybridized carbons (Fsp3) is 0.600. The summed E-state index contributed by atoms with van der Waals surface area (Å²) >= 11 is 0. The summed E-state index contributed by atoms with van der Waals surface area (Å²) in [6.45, 7) is 5.30. The van der Waals surface area contributed by atoms with Crippen molar-refractivity contribution in [3.8, 4) is 6.07 Å². The number of ether oxygens (including phenoxy) is 1. The molecule has 1 aromatic rings. The Morgan fingerprint density at radius 1 is 1.42 bits per heavy atom. The lowest BCUT2D eigenvalue weighted by Gasteiger charge is -2.29. The van der Waals surface area contributed by atoms with Crippen molar-refractivity contribution in [1.29, 1.82) is 5.26 Å². The largest absolute Gasteiger partial charge is 0.481 e. The van der Waals surface area contributed by atoms with Crippen molar-refractivity contribution in [1.82, 2.24) is 9.80 Å². The molecule has 0 spiro atoms. The van der Waals surface area contributed by atoms with Crippen LogP contribution in [0.5, 0.6) is 0 Å². The zero-order valence-corrected chi connectivity index (χ0v) is 15.4. The number of benzene rings is 1. The lowest BCUT2D eigenvalue weighted by atomic mass is 9.75. The molecule has 2 atom stereocenters. The molecule has 26 heavy (non-hydrogen) atoms. The average molecular weight is 357 g/mol. The summed E-state index contributed by atoms with van der Waals surface area (Å²) in [7, 11) is 1.68. The molecule has 2 saturated heterocycles. The van der Waals surface area contributed by atoms with Crippen LogP contribution in [0.1, 0.15) is 24.0 Å². The SMILES string of the molecule is COCCN1C[C@@H]2CN(Cc3cccc(C#N)c3)CCC[C@]2(C(=O)O)C1. The van der Waals surface area contributed by atoms with Gasteiger partial charge in [0.25, 0.3) is 0 Å². The van der Waals surface area contributed by atoms with Crippen LogP contribution in [-0.2, 0) is 16.1 Å². The minimum absolute atomic E-state index is 0.124. The first-order chi connectivity index (χ1) is 12.6. The second-order valence-electron chi connectivity index (χ2n) is 7.54. The van der Waals surface area contributed by atoms with Crippen LogP contribution in [0.25, 0.3) is 0 Å². The molecule has 2 aliphatic rings. The highest BCUT2D eigenvalue weighted by atomic mass is 16.5. The molecule has 1 N–H and O–H groups in total. The van der Waals surface area contributed by atoms with Gasteiger partial charge >= 0.3 is 5.97 Å². The van der Waals surface area contributed by atoms with E-state index in [1.807, 2.05) is 24.3 Å². The molecular weight excluding hydrogens is 330 g/mol. The summed E-state index contributed by atoms with van der Waals surface area (Å²) in [4.78, 5) is 16.8. The van der Waals surface area contributed by atoms with Crippen molar-refractivity contribution in [2.45, 2.75) is 19.4 Å². The molecule has 3 rings (SSSR count). The molecule has 2 heterocycles. The van der Waals surface area contributed by atoms with Gasteiger partial charge in [-0.1, -0.05) is 12.1 Å². The predicted octanol–water partition coefficient (Wildman–Crippen LogP) is 1.80. The van der Waals surface area contributed by atoms with E-state index in [2.05, 4.69) is 15.9 Å². The molecule has 0 saturated carbocycles. The summed E-state index contributed by atoms with van der Waals surface area (Å²) in [5, 5.41) is 19.1. The van der Waals surface area contributed by atoms with Crippen molar-refractivity contribution in [3.63, 3.8) is 0 Å². The standard InChI is InChI=1S/C20H27N3O3/c1-26-9-8-23-14-18-13-22(7-3-6-20(18,15-23)19(24)25)12-17-5-2-4-16(10-17)11-21/h2,4-5,10,18H,3,6-9,12-15H2,1H3,(H,24,25)/t18-,20-/m0/s1. The monoisotopic (exact) mass is 357 g/mol. The molecule has 6 nitrogen and oxygen atoms in total. The van der Waals surface area contributed by atoms with E-state index in [9.17, 15) is 9.90 Å². The highest BCUT2D eigenvalue weighted by Crippen LogP contribution is 2.43. The number of carbonyl (C=O) groups is 1. The van der Waals surface area contributed by atoms with Crippen LogP contribution in [0.2, 0.25) is 0 Å². The minimum atomic E-state index is -0.657. The van der Waals surface area contributed by atoms with Crippen LogP contribution in [0, 0.1) is 22.7 Å². The second-order valence-corrected chi connectivity index (χ2v) is 7.54. The van der Waals surface area contributed by atoms with Gasteiger partial charge in [0.05, 0.1) is 23.7 Å². The summed E-state index contributed by atoms with van der Waals surface area (Å²) in [6, 6.07) is 9.87. The van der Waals surface area contributed by atoms with Gasteiger partial charge in [-0.15, -0.1) is 0 Å². The Morgan fingerprint density at radius 2 is 2.23 bits per heavy atom. The summed E-state index contributed by atoms with van der Waals surface area (Å²) in [6.07, 6.45) is 1.62. The third-order valence-corrected chi connectivity index (χ3v) is 5.84. The van der Waals surface area contributed by atoms with Gasteiger partial charge in [-0.3, -0.25) is 14.6 Å². The quantitative estimate of drug-likeness (QED) is 0.837. The number of hydrogen-bond acceptors (Lipinski definition) is 5.